The first-order chi connectivity index (χ1) is 4.50. The topological polar surface area (TPSA) is 3.24 Å². The molecule has 1 rings (SSSR count). The minimum Gasteiger partial charge on any atom is -0.247 e. The van der Waals surface area contributed by atoms with Gasteiger partial charge in [0.15, 0.2) is 0 Å². The highest BCUT2D eigenvalue weighted by molar-refractivity contribution is 14.1. The molecule has 0 N–H and O–H groups in total. The summed E-state index contributed by atoms with van der Waals surface area (Å²) in [5.74, 6) is -1.09. The summed E-state index contributed by atoms with van der Waals surface area (Å²) in [6, 6.07) is 0. The van der Waals surface area contributed by atoms with Crippen LogP contribution in [-0.4, -0.2) is 22.4 Å². The molecule has 0 amide bonds. The van der Waals surface area contributed by atoms with Crippen molar-refractivity contribution in [2.24, 2.45) is 5.92 Å². The first kappa shape index (κ1) is 8.58. The van der Waals surface area contributed by atoms with E-state index in [-0.39, 0.29) is 13.0 Å². The van der Waals surface area contributed by atoms with Gasteiger partial charge < -0.3 is 0 Å². The van der Waals surface area contributed by atoms with Crippen LogP contribution in [0.4, 0.5) is 13.2 Å². The normalized spacial score (nSPS) is 29.4. The van der Waals surface area contributed by atoms with E-state index in [1.54, 1.807) is 3.11 Å². The zero-order valence-corrected chi connectivity index (χ0v) is 7.32. The number of alkyl halides is 3. The van der Waals surface area contributed by atoms with Gasteiger partial charge in [0.1, 0.15) is 0 Å². The van der Waals surface area contributed by atoms with E-state index in [1.165, 1.54) is 0 Å². The number of halogens is 4. The summed E-state index contributed by atoms with van der Waals surface area (Å²) in [4.78, 5) is 0. The highest BCUT2D eigenvalue weighted by Crippen LogP contribution is 2.34. The summed E-state index contributed by atoms with van der Waals surface area (Å²) in [7, 11) is 0. The lowest BCUT2D eigenvalue weighted by Crippen LogP contribution is -2.24. The van der Waals surface area contributed by atoms with Gasteiger partial charge in [0, 0.05) is 36.0 Å². The van der Waals surface area contributed by atoms with Gasteiger partial charge in [-0.05, 0) is 6.42 Å². The summed E-state index contributed by atoms with van der Waals surface area (Å²) >= 11 is 1.92. The monoisotopic (exact) mass is 265 g/mol. The second-order valence-electron chi connectivity index (χ2n) is 2.40. The molecule has 1 heterocycles. The van der Waals surface area contributed by atoms with Crippen LogP contribution in [0.5, 0.6) is 0 Å². The van der Waals surface area contributed by atoms with Crippen molar-refractivity contribution >= 4 is 22.9 Å². The van der Waals surface area contributed by atoms with Gasteiger partial charge >= 0.3 is 6.18 Å². The second kappa shape index (κ2) is 2.84. The molecule has 0 aromatic carbocycles. The number of hydrogen-bond acceptors (Lipinski definition) is 1. The molecule has 0 spiro atoms. The minimum atomic E-state index is -3.99. The zero-order valence-electron chi connectivity index (χ0n) is 5.16. The fraction of sp³-hybridized carbons (Fsp3) is 1.00. The first-order valence-corrected chi connectivity index (χ1v) is 3.94. The molecule has 0 unspecified atom stereocenters. The molecule has 0 aromatic heterocycles. The van der Waals surface area contributed by atoms with Crippen LogP contribution >= 0.6 is 22.9 Å². The van der Waals surface area contributed by atoms with E-state index in [1.807, 2.05) is 22.9 Å². The van der Waals surface area contributed by atoms with Crippen LogP contribution in [0.15, 0.2) is 0 Å². The molecule has 0 bridgehead atoms. The maximum Gasteiger partial charge on any atom is 0.393 e. The Hall–Kier alpha value is 0.480. The molecule has 0 saturated carbocycles. The van der Waals surface area contributed by atoms with Crippen molar-refractivity contribution in [2.75, 3.05) is 13.1 Å². The Morgan fingerprint density at radius 3 is 2.20 bits per heavy atom. The van der Waals surface area contributed by atoms with Crippen LogP contribution in [0.3, 0.4) is 0 Å². The maximum absolute atomic E-state index is 11.9. The molecule has 1 aliphatic rings. The Morgan fingerprint density at radius 2 is 2.00 bits per heavy atom. The fourth-order valence-electron chi connectivity index (χ4n) is 0.985. The molecular formula is C5H7F3IN. The minimum absolute atomic E-state index is 0.157. The fourth-order valence-corrected chi connectivity index (χ4v) is 1.74. The average Bonchev–Trinajstić information content (AvgIpc) is 2.11. The van der Waals surface area contributed by atoms with Crippen LogP contribution in [0.1, 0.15) is 6.42 Å². The van der Waals surface area contributed by atoms with E-state index in [2.05, 4.69) is 0 Å². The molecule has 1 saturated heterocycles. The van der Waals surface area contributed by atoms with Crippen LogP contribution in [0.25, 0.3) is 0 Å². The Morgan fingerprint density at radius 1 is 1.40 bits per heavy atom. The molecule has 0 radical (unpaired) electrons. The van der Waals surface area contributed by atoms with E-state index < -0.39 is 12.1 Å². The van der Waals surface area contributed by atoms with Crippen molar-refractivity contribution in [2.45, 2.75) is 12.6 Å². The summed E-state index contributed by atoms with van der Waals surface area (Å²) in [5, 5.41) is 0. The Labute approximate surface area is 71.1 Å². The van der Waals surface area contributed by atoms with Crippen molar-refractivity contribution in [3.63, 3.8) is 0 Å². The number of rotatable bonds is 0. The van der Waals surface area contributed by atoms with Crippen LogP contribution in [0, 0.1) is 5.92 Å². The molecule has 0 aliphatic carbocycles. The largest absolute Gasteiger partial charge is 0.393 e. The quantitative estimate of drug-likeness (QED) is 0.479. The summed E-state index contributed by atoms with van der Waals surface area (Å²) in [6.45, 7) is 0.717. The average molecular weight is 265 g/mol. The molecule has 1 nitrogen and oxygen atoms in total. The van der Waals surface area contributed by atoms with Crippen LogP contribution in [0.2, 0.25) is 0 Å². The van der Waals surface area contributed by atoms with E-state index in [0.29, 0.717) is 6.54 Å². The third kappa shape index (κ3) is 1.98. The molecule has 0 aromatic rings. The third-order valence-corrected chi connectivity index (χ3v) is 2.48. The summed E-state index contributed by atoms with van der Waals surface area (Å²) in [5.41, 5.74) is 0. The zero-order chi connectivity index (χ0) is 7.78. The molecule has 5 heteroatoms. The highest BCUT2D eigenvalue weighted by Gasteiger charge is 2.42. The molecule has 1 fully saturated rings. The van der Waals surface area contributed by atoms with Gasteiger partial charge in [0.2, 0.25) is 0 Å². The van der Waals surface area contributed by atoms with E-state index >= 15 is 0 Å². The summed E-state index contributed by atoms with van der Waals surface area (Å²) in [6.07, 6.45) is -3.73. The van der Waals surface area contributed by atoms with Gasteiger partial charge in [-0.25, -0.2) is 3.11 Å². The number of hydrogen-bond donors (Lipinski definition) is 0. The number of nitrogens with zero attached hydrogens (tertiary/aromatic N) is 1. The smallest absolute Gasteiger partial charge is 0.247 e. The SMILES string of the molecule is FC(F)(F)[C@@H]1CCN(I)C1. The lowest BCUT2D eigenvalue weighted by Gasteiger charge is -2.12. The van der Waals surface area contributed by atoms with Gasteiger partial charge in [0.25, 0.3) is 0 Å². The van der Waals surface area contributed by atoms with E-state index in [4.69, 9.17) is 0 Å². The van der Waals surface area contributed by atoms with Crippen LogP contribution in [-0.2, 0) is 0 Å². The molecule has 10 heavy (non-hydrogen) atoms. The molecular weight excluding hydrogens is 258 g/mol. The van der Waals surface area contributed by atoms with Crippen LogP contribution < -0.4 is 0 Å². The van der Waals surface area contributed by atoms with Gasteiger partial charge in [-0.1, -0.05) is 0 Å². The lowest BCUT2D eigenvalue weighted by atomic mass is 10.1. The second-order valence-corrected chi connectivity index (χ2v) is 3.76. The van der Waals surface area contributed by atoms with Crippen molar-refractivity contribution in [3.8, 4) is 0 Å². The Balaban J connectivity index is 2.45. The first-order valence-electron chi connectivity index (χ1n) is 2.97. The van der Waals surface area contributed by atoms with E-state index in [0.717, 1.165) is 0 Å². The molecule has 1 atom stereocenters. The van der Waals surface area contributed by atoms with Gasteiger partial charge in [-0.3, -0.25) is 0 Å². The van der Waals surface area contributed by atoms with E-state index in [9.17, 15) is 13.2 Å². The highest BCUT2D eigenvalue weighted by atomic mass is 127. The standard InChI is InChI=1S/C5H7F3IN/c6-5(7,8)4-1-2-10(9)3-4/h4H,1-3H2/t4-/m1/s1. The van der Waals surface area contributed by atoms with Crippen molar-refractivity contribution in [1.82, 2.24) is 3.11 Å². The molecule has 60 valence electrons. The molecule has 1 aliphatic heterocycles. The van der Waals surface area contributed by atoms with Gasteiger partial charge in [-0.2, -0.15) is 13.2 Å². The third-order valence-electron chi connectivity index (χ3n) is 1.60. The van der Waals surface area contributed by atoms with Gasteiger partial charge in [0.05, 0.1) is 5.92 Å². The Bertz CT molecular complexity index is 125. The Kier molecular flexibility index (Phi) is 2.44. The predicted octanol–water partition coefficient (Wildman–Crippen LogP) is 2.22. The van der Waals surface area contributed by atoms with Crippen molar-refractivity contribution < 1.29 is 13.2 Å². The van der Waals surface area contributed by atoms with Crippen molar-refractivity contribution in [3.05, 3.63) is 0 Å². The predicted molar refractivity (Wildman–Crippen MR) is 39.8 cm³/mol. The van der Waals surface area contributed by atoms with Gasteiger partial charge in [-0.15, -0.1) is 0 Å². The lowest BCUT2D eigenvalue weighted by molar-refractivity contribution is -0.169. The van der Waals surface area contributed by atoms with Crippen molar-refractivity contribution in [1.29, 1.82) is 0 Å². The summed E-state index contributed by atoms with van der Waals surface area (Å²) < 4.78 is 37.4. The maximum atomic E-state index is 11.9.